The minimum Gasteiger partial charge on any atom is -0.394 e. The zero-order valence-corrected chi connectivity index (χ0v) is 43.4. The highest BCUT2D eigenvalue weighted by Gasteiger charge is 2.53. The predicted octanol–water partition coefficient (Wildman–Crippen LogP) is 3.20. The maximum atomic E-state index is 13.2. The number of unbranched alkanes of at least 4 members (excludes halogenated alkanes) is 21. The van der Waals surface area contributed by atoms with Gasteiger partial charge < -0.3 is 89.9 Å². The molecule has 3 fully saturated rings. The fraction of sp³-hybridized carbons (Fsp3) is 0.906. The number of carbonyl (C=O) groups is 1. The van der Waals surface area contributed by atoms with Gasteiger partial charge in [-0.15, -0.1) is 0 Å². The molecule has 19 heteroatoms. The Morgan fingerprint density at radius 2 is 0.889 bits per heavy atom. The first-order valence-corrected chi connectivity index (χ1v) is 27.6. The van der Waals surface area contributed by atoms with Crippen molar-refractivity contribution in [2.75, 3.05) is 26.4 Å². The van der Waals surface area contributed by atoms with Gasteiger partial charge in [-0.05, 0) is 32.1 Å². The van der Waals surface area contributed by atoms with Crippen LogP contribution in [0.4, 0.5) is 0 Å². The molecule has 3 saturated heterocycles. The number of rotatable bonds is 39. The molecule has 0 saturated carbocycles. The number of aliphatic hydroxyl groups is 11. The molecule has 0 aromatic heterocycles. The van der Waals surface area contributed by atoms with Crippen molar-refractivity contribution in [2.24, 2.45) is 0 Å². The monoisotopic (exact) mass is 1040 g/mol. The lowest BCUT2D eigenvalue weighted by molar-refractivity contribution is -0.379. The molecule has 17 unspecified atom stereocenters. The number of hydrogen-bond donors (Lipinski definition) is 12. The Kier molecular flexibility index (Phi) is 34.0. The van der Waals surface area contributed by atoms with Crippen LogP contribution in [0.15, 0.2) is 24.3 Å². The first-order chi connectivity index (χ1) is 34.8. The molecular weight excluding hydrogens is 939 g/mol. The number of aliphatic hydroxyl groups excluding tert-OH is 11. The Bertz CT molecular complexity index is 1430. The molecule has 3 aliphatic heterocycles. The highest BCUT2D eigenvalue weighted by atomic mass is 16.8. The number of nitrogens with one attached hydrogen (secondary N) is 1. The van der Waals surface area contributed by atoms with Crippen LogP contribution in [0, 0.1) is 0 Å². The van der Waals surface area contributed by atoms with Crippen molar-refractivity contribution in [3.05, 3.63) is 24.3 Å². The second-order valence-electron chi connectivity index (χ2n) is 20.0. The van der Waals surface area contributed by atoms with Crippen LogP contribution in [0.1, 0.15) is 174 Å². The minimum absolute atomic E-state index is 0.239. The van der Waals surface area contributed by atoms with Crippen LogP contribution < -0.4 is 5.32 Å². The lowest BCUT2D eigenvalue weighted by atomic mass is 9.96. The van der Waals surface area contributed by atoms with Gasteiger partial charge in [0.1, 0.15) is 73.2 Å². The third-order valence-electron chi connectivity index (χ3n) is 14.0. The van der Waals surface area contributed by atoms with E-state index in [-0.39, 0.29) is 18.9 Å². The molecule has 1 amide bonds. The number of ether oxygens (including phenoxy) is 6. The van der Waals surface area contributed by atoms with Crippen molar-refractivity contribution in [2.45, 2.75) is 279 Å². The molecule has 0 aromatic carbocycles. The van der Waals surface area contributed by atoms with E-state index in [4.69, 9.17) is 28.4 Å². The van der Waals surface area contributed by atoms with E-state index in [1.165, 1.54) is 103 Å². The third-order valence-corrected chi connectivity index (χ3v) is 14.0. The van der Waals surface area contributed by atoms with Gasteiger partial charge in [0.25, 0.3) is 0 Å². The van der Waals surface area contributed by atoms with Gasteiger partial charge in [0.05, 0.1) is 38.6 Å². The molecule has 0 radical (unpaired) electrons. The van der Waals surface area contributed by atoms with E-state index in [0.717, 1.165) is 38.5 Å². The van der Waals surface area contributed by atoms with Crippen LogP contribution in [-0.4, -0.2) is 193 Å². The minimum atomic E-state index is -1.98. The SMILES string of the molecule is CCCCCC/C=C/CC/C=C/C(O)C(COC1OC(CO)C(OC2OC(CO)C(OC3OC(CO)C(O)C(O)C3O)C(O)C2O)C(O)C1O)NC(=O)CCCCCCCCCCCCCCCCCCC. The molecule has 0 spiro atoms. The predicted molar refractivity (Wildman–Crippen MR) is 268 cm³/mol. The molecule has 422 valence electrons. The van der Waals surface area contributed by atoms with Crippen molar-refractivity contribution in [3.8, 4) is 0 Å². The Labute approximate surface area is 428 Å². The summed E-state index contributed by atoms with van der Waals surface area (Å²) in [5, 5.41) is 120. The fourth-order valence-corrected chi connectivity index (χ4v) is 9.38. The average molecular weight is 1040 g/mol. The van der Waals surface area contributed by atoms with Crippen LogP contribution in [0.5, 0.6) is 0 Å². The molecule has 0 aliphatic carbocycles. The number of amides is 1. The Hall–Kier alpha value is -1.73. The van der Waals surface area contributed by atoms with Crippen molar-refractivity contribution >= 4 is 5.91 Å². The largest absolute Gasteiger partial charge is 0.394 e. The Balaban J connectivity index is 1.52. The van der Waals surface area contributed by atoms with Crippen LogP contribution in [0.25, 0.3) is 0 Å². The molecule has 19 nitrogen and oxygen atoms in total. The summed E-state index contributed by atoms with van der Waals surface area (Å²) in [6.07, 6.45) is 9.03. The molecule has 3 heterocycles. The normalized spacial score (nSPS) is 32.2. The van der Waals surface area contributed by atoms with Crippen LogP contribution in [0.3, 0.4) is 0 Å². The molecule has 12 N–H and O–H groups in total. The second-order valence-corrected chi connectivity index (χ2v) is 20.0. The summed E-state index contributed by atoms with van der Waals surface area (Å²) >= 11 is 0. The molecule has 0 bridgehead atoms. The number of allylic oxidation sites excluding steroid dienone is 3. The van der Waals surface area contributed by atoms with Gasteiger partial charge in [0, 0.05) is 6.42 Å². The molecule has 72 heavy (non-hydrogen) atoms. The Morgan fingerprint density at radius 1 is 0.486 bits per heavy atom. The van der Waals surface area contributed by atoms with Crippen LogP contribution in [0.2, 0.25) is 0 Å². The fourth-order valence-electron chi connectivity index (χ4n) is 9.38. The molecule has 0 aromatic rings. The highest BCUT2D eigenvalue weighted by Crippen LogP contribution is 2.33. The summed E-state index contributed by atoms with van der Waals surface area (Å²) in [5.41, 5.74) is 0. The first kappa shape index (κ1) is 64.6. The molecule has 17 atom stereocenters. The van der Waals surface area contributed by atoms with E-state index < -0.39 is 124 Å². The molecule has 3 aliphatic rings. The van der Waals surface area contributed by atoms with Gasteiger partial charge in [0.15, 0.2) is 18.9 Å². The summed E-state index contributed by atoms with van der Waals surface area (Å²) in [6, 6.07) is -0.982. The molecule has 3 rings (SSSR count). The van der Waals surface area contributed by atoms with E-state index in [0.29, 0.717) is 12.8 Å². The third kappa shape index (κ3) is 22.9. The van der Waals surface area contributed by atoms with Gasteiger partial charge >= 0.3 is 0 Å². The summed E-state index contributed by atoms with van der Waals surface area (Å²) in [5.74, 6) is -0.287. The second kappa shape index (κ2) is 37.9. The highest BCUT2D eigenvalue weighted by molar-refractivity contribution is 5.76. The van der Waals surface area contributed by atoms with Crippen molar-refractivity contribution < 1.29 is 89.4 Å². The zero-order chi connectivity index (χ0) is 52.7. The van der Waals surface area contributed by atoms with Gasteiger partial charge in [0.2, 0.25) is 5.91 Å². The van der Waals surface area contributed by atoms with E-state index in [9.17, 15) is 61.0 Å². The number of hydrogen-bond acceptors (Lipinski definition) is 18. The van der Waals surface area contributed by atoms with Crippen molar-refractivity contribution in [1.82, 2.24) is 5.32 Å². The lowest BCUT2D eigenvalue weighted by Gasteiger charge is -2.48. The Morgan fingerprint density at radius 3 is 1.39 bits per heavy atom. The summed E-state index contributed by atoms with van der Waals surface area (Å²) in [7, 11) is 0. The quantitative estimate of drug-likeness (QED) is 0.0311. The maximum Gasteiger partial charge on any atom is 0.220 e. The van der Waals surface area contributed by atoms with Gasteiger partial charge in [-0.2, -0.15) is 0 Å². The van der Waals surface area contributed by atoms with Crippen molar-refractivity contribution in [3.63, 3.8) is 0 Å². The maximum absolute atomic E-state index is 13.2. The standard InChI is InChI=1S/C53H97NO18/c1-3-5-7-9-11-13-15-16-17-18-19-20-21-23-25-27-29-31-41(59)54-36(37(58)30-28-26-24-22-14-12-10-8-6-4-2)35-67-51-47(65)44(62)49(39(33-56)69-51)72-53-48(66)45(63)50(40(34-57)70-53)71-52-46(64)43(61)42(60)38(32-55)68-52/h14,22,28,30,36-40,42-53,55-58,60-66H,3-13,15-21,23-27,29,31-35H2,1-2H3,(H,54,59)/b22-14+,30-28+. The lowest BCUT2D eigenvalue weighted by Crippen LogP contribution is -2.66. The molecular formula is C53H97NO18. The summed E-state index contributed by atoms with van der Waals surface area (Å²) in [6.45, 7) is 1.64. The summed E-state index contributed by atoms with van der Waals surface area (Å²) in [4.78, 5) is 13.2. The topological polar surface area (TPSA) is 307 Å². The first-order valence-electron chi connectivity index (χ1n) is 27.6. The van der Waals surface area contributed by atoms with Gasteiger partial charge in [-0.25, -0.2) is 0 Å². The van der Waals surface area contributed by atoms with Gasteiger partial charge in [-0.3, -0.25) is 4.79 Å². The van der Waals surface area contributed by atoms with E-state index >= 15 is 0 Å². The average Bonchev–Trinajstić information content (AvgIpc) is 3.37. The van der Waals surface area contributed by atoms with Crippen LogP contribution in [-0.2, 0) is 33.2 Å². The van der Waals surface area contributed by atoms with Crippen molar-refractivity contribution in [1.29, 1.82) is 0 Å². The van der Waals surface area contributed by atoms with Gasteiger partial charge in [-0.1, -0.05) is 160 Å². The zero-order valence-electron chi connectivity index (χ0n) is 43.4. The van der Waals surface area contributed by atoms with E-state index in [2.05, 4.69) is 31.3 Å². The summed E-state index contributed by atoms with van der Waals surface area (Å²) < 4.78 is 34.1. The van der Waals surface area contributed by atoms with E-state index in [1.807, 2.05) is 6.08 Å². The van der Waals surface area contributed by atoms with Crippen LogP contribution >= 0.6 is 0 Å². The van der Waals surface area contributed by atoms with E-state index in [1.54, 1.807) is 6.08 Å². The smallest absolute Gasteiger partial charge is 0.220 e. The number of carbonyl (C=O) groups excluding carboxylic acids is 1.